The van der Waals surface area contributed by atoms with Crippen molar-refractivity contribution in [3.8, 4) is 0 Å². The predicted octanol–water partition coefficient (Wildman–Crippen LogP) is 1.16. The molecule has 9 nitrogen and oxygen atoms in total. The Hall–Kier alpha value is -2.52. The molecule has 9 heteroatoms. The largest absolute Gasteiger partial charge is 0.375 e. The number of likely N-dealkylation sites (tertiary alicyclic amines) is 1. The van der Waals surface area contributed by atoms with Crippen LogP contribution in [0.3, 0.4) is 0 Å². The van der Waals surface area contributed by atoms with Crippen LogP contribution >= 0.6 is 0 Å². The molecule has 30 heavy (non-hydrogen) atoms. The maximum Gasteiger partial charge on any atom is 0.363 e. The Kier molecular flexibility index (Phi) is 7.38. The number of aryl methyl sites for hydroxylation is 2. The van der Waals surface area contributed by atoms with Crippen LogP contribution in [0.15, 0.2) is 29.1 Å². The van der Waals surface area contributed by atoms with E-state index in [1.807, 2.05) is 43.0 Å². The number of aromatic nitrogens is 4. The first-order valence-electron chi connectivity index (χ1n) is 10.6. The van der Waals surface area contributed by atoms with E-state index in [9.17, 15) is 9.59 Å². The van der Waals surface area contributed by atoms with Crippen LogP contribution in [0.4, 0.5) is 5.69 Å². The molecule has 2 unspecified atom stereocenters. The number of methoxy groups -OCH3 is 1. The van der Waals surface area contributed by atoms with Crippen molar-refractivity contribution in [1.29, 1.82) is 0 Å². The van der Waals surface area contributed by atoms with E-state index >= 15 is 0 Å². The zero-order chi connectivity index (χ0) is 21.7. The van der Waals surface area contributed by atoms with Gasteiger partial charge in [0.25, 0.3) is 5.91 Å². The molecule has 0 spiro atoms. The topological polar surface area (TPSA) is 85.5 Å². The number of para-hydroxylation sites is 1. The fraction of sp³-hybridized carbons (Fsp3) is 0.619. The molecule has 164 valence electrons. The van der Waals surface area contributed by atoms with Gasteiger partial charge in [-0.05, 0) is 48.2 Å². The van der Waals surface area contributed by atoms with Gasteiger partial charge >= 0.3 is 5.69 Å². The Morgan fingerprint density at radius 1 is 1.23 bits per heavy atom. The molecule has 3 rings (SSSR count). The van der Waals surface area contributed by atoms with Gasteiger partial charge in [-0.3, -0.25) is 4.79 Å². The van der Waals surface area contributed by atoms with Gasteiger partial charge in [0.15, 0.2) is 0 Å². The smallest absolute Gasteiger partial charge is 0.363 e. The zero-order valence-electron chi connectivity index (χ0n) is 18.3. The predicted molar refractivity (Wildman–Crippen MR) is 115 cm³/mol. The van der Waals surface area contributed by atoms with E-state index in [2.05, 4.69) is 22.3 Å². The van der Waals surface area contributed by atoms with Gasteiger partial charge in [0, 0.05) is 45.0 Å². The van der Waals surface area contributed by atoms with E-state index in [0.29, 0.717) is 13.1 Å². The molecule has 1 fully saturated rings. The number of hydrogen-bond donors (Lipinski definition) is 0. The summed E-state index contributed by atoms with van der Waals surface area (Å²) < 4.78 is 7.93. The summed E-state index contributed by atoms with van der Waals surface area (Å²) in [7, 11) is 1.55. The molecule has 2 aromatic rings. The van der Waals surface area contributed by atoms with Crippen molar-refractivity contribution in [2.75, 3.05) is 38.3 Å². The molecule has 2 atom stereocenters. The molecule has 0 N–H and O–H groups in total. The Bertz CT molecular complexity index is 908. The van der Waals surface area contributed by atoms with Gasteiger partial charge in [0.1, 0.15) is 6.61 Å². The molecule has 0 aliphatic carbocycles. The van der Waals surface area contributed by atoms with Crippen molar-refractivity contribution in [3.05, 3.63) is 40.3 Å². The van der Waals surface area contributed by atoms with E-state index in [4.69, 9.17) is 4.74 Å². The minimum atomic E-state index is -0.170. The number of carbonyl (C=O) groups is 1. The lowest BCUT2D eigenvalue weighted by Gasteiger charge is -2.43. The molecule has 1 amide bonds. The van der Waals surface area contributed by atoms with Crippen molar-refractivity contribution in [2.45, 2.75) is 46.3 Å². The summed E-state index contributed by atoms with van der Waals surface area (Å²) in [6, 6.07) is 8.10. The molecule has 1 aromatic carbocycles. The van der Waals surface area contributed by atoms with Crippen molar-refractivity contribution in [2.24, 2.45) is 5.92 Å². The van der Waals surface area contributed by atoms with E-state index in [0.717, 1.165) is 37.3 Å². The van der Waals surface area contributed by atoms with Crippen LogP contribution < -0.4 is 10.6 Å². The molecular weight excluding hydrogens is 384 g/mol. The second-order valence-corrected chi connectivity index (χ2v) is 7.92. The highest BCUT2D eigenvalue weighted by molar-refractivity contribution is 5.95. The van der Waals surface area contributed by atoms with Gasteiger partial charge in [-0.2, -0.15) is 9.36 Å². The fourth-order valence-corrected chi connectivity index (χ4v) is 4.21. The van der Waals surface area contributed by atoms with Crippen molar-refractivity contribution in [3.63, 3.8) is 0 Å². The first kappa shape index (κ1) is 22.2. The summed E-state index contributed by atoms with van der Waals surface area (Å²) in [6.07, 6.45) is 0.863. The highest BCUT2D eigenvalue weighted by Crippen LogP contribution is 2.29. The highest BCUT2D eigenvalue weighted by Gasteiger charge is 2.34. The summed E-state index contributed by atoms with van der Waals surface area (Å²) in [5.74, 6) is 0.266. The maximum atomic E-state index is 12.9. The number of rotatable bonds is 8. The van der Waals surface area contributed by atoms with E-state index in [1.165, 1.54) is 9.36 Å². The summed E-state index contributed by atoms with van der Waals surface area (Å²) in [4.78, 5) is 29.3. The van der Waals surface area contributed by atoms with Crippen LogP contribution in [-0.2, 0) is 22.6 Å². The SMILES string of the molecule is CCn1nnn(CCN2CCC(N(C(=O)COC)c3ccccc3C)C(C)C2)c1=O. The van der Waals surface area contributed by atoms with Crippen LogP contribution in [0.2, 0.25) is 0 Å². The van der Waals surface area contributed by atoms with Gasteiger partial charge in [-0.25, -0.2) is 4.79 Å². The first-order chi connectivity index (χ1) is 14.5. The van der Waals surface area contributed by atoms with Crippen molar-refractivity contribution >= 4 is 11.6 Å². The maximum absolute atomic E-state index is 12.9. The number of amides is 1. The van der Waals surface area contributed by atoms with Crippen LogP contribution in [0.25, 0.3) is 0 Å². The van der Waals surface area contributed by atoms with E-state index < -0.39 is 0 Å². The number of ether oxygens (including phenoxy) is 1. The van der Waals surface area contributed by atoms with Gasteiger partial charge in [0.05, 0.1) is 6.54 Å². The second-order valence-electron chi connectivity index (χ2n) is 7.92. The molecule has 1 aromatic heterocycles. The number of anilines is 1. The number of hydrogen-bond acceptors (Lipinski definition) is 6. The van der Waals surface area contributed by atoms with Gasteiger partial charge in [0.2, 0.25) is 0 Å². The van der Waals surface area contributed by atoms with Crippen LogP contribution in [0.5, 0.6) is 0 Å². The summed E-state index contributed by atoms with van der Waals surface area (Å²) in [6.45, 7) is 9.63. The fourth-order valence-electron chi connectivity index (χ4n) is 4.21. The normalized spacial score (nSPS) is 19.7. The molecule has 1 aliphatic rings. The number of benzene rings is 1. The first-order valence-corrected chi connectivity index (χ1v) is 10.6. The molecule has 1 aliphatic heterocycles. The third-order valence-electron chi connectivity index (χ3n) is 5.81. The Morgan fingerprint density at radius 3 is 2.60 bits per heavy atom. The number of carbonyl (C=O) groups excluding carboxylic acids is 1. The number of tetrazole rings is 1. The third kappa shape index (κ3) is 4.79. The van der Waals surface area contributed by atoms with Gasteiger partial charge < -0.3 is 14.5 Å². The molecule has 0 bridgehead atoms. The Balaban J connectivity index is 1.68. The van der Waals surface area contributed by atoms with Crippen LogP contribution in [-0.4, -0.2) is 70.0 Å². The van der Waals surface area contributed by atoms with Gasteiger partial charge in [-0.15, -0.1) is 0 Å². The monoisotopic (exact) mass is 416 g/mol. The van der Waals surface area contributed by atoms with Gasteiger partial charge in [-0.1, -0.05) is 25.1 Å². The minimum absolute atomic E-state index is 0.0140. The number of piperidine rings is 1. The minimum Gasteiger partial charge on any atom is -0.375 e. The van der Waals surface area contributed by atoms with Crippen molar-refractivity contribution in [1.82, 2.24) is 24.7 Å². The molecule has 2 heterocycles. The lowest BCUT2D eigenvalue weighted by atomic mass is 9.91. The highest BCUT2D eigenvalue weighted by atomic mass is 16.5. The Morgan fingerprint density at radius 2 is 1.97 bits per heavy atom. The quantitative estimate of drug-likeness (QED) is 0.642. The van der Waals surface area contributed by atoms with Crippen molar-refractivity contribution < 1.29 is 9.53 Å². The van der Waals surface area contributed by atoms with E-state index in [-0.39, 0.29) is 30.2 Å². The molecule has 0 radical (unpaired) electrons. The molecule has 0 saturated carbocycles. The average molecular weight is 417 g/mol. The lowest BCUT2D eigenvalue weighted by molar-refractivity contribution is -0.123. The second kappa shape index (κ2) is 9.99. The third-order valence-corrected chi connectivity index (χ3v) is 5.81. The Labute approximate surface area is 177 Å². The summed E-state index contributed by atoms with van der Waals surface area (Å²) in [5.41, 5.74) is 1.86. The zero-order valence-corrected chi connectivity index (χ0v) is 18.3. The summed E-state index contributed by atoms with van der Waals surface area (Å²) >= 11 is 0. The van der Waals surface area contributed by atoms with E-state index in [1.54, 1.807) is 7.11 Å². The average Bonchev–Trinajstić information content (AvgIpc) is 3.09. The van der Waals surface area contributed by atoms with Crippen LogP contribution in [0.1, 0.15) is 25.8 Å². The number of nitrogens with zero attached hydrogens (tertiary/aromatic N) is 6. The summed E-state index contributed by atoms with van der Waals surface area (Å²) in [5, 5.41) is 7.82. The van der Waals surface area contributed by atoms with Crippen LogP contribution in [0, 0.1) is 12.8 Å². The standard InChI is InChI=1S/C21H32N6O3/c1-5-25-21(29)26(23-22-25)13-12-24-11-10-19(17(3)14-24)27(20(28)15-30-4)18-9-7-6-8-16(18)2/h6-9,17,19H,5,10-15H2,1-4H3. The molecular formula is C21H32N6O3. The molecule has 1 saturated heterocycles. The lowest BCUT2D eigenvalue weighted by Crippen LogP contribution is -2.53.